The van der Waals surface area contributed by atoms with Crippen molar-refractivity contribution in [2.45, 2.75) is 18.9 Å². The number of nitrogens with two attached hydrogens (primary N) is 1. The summed E-state index contributed by atoms with van der Waals surface area (Å²) in [5.74, 6) is 0.568. The second kappa shape index (κ2) is 4.42. The second-order valence-corrected chi connectivity index (χ2v) is 4.64. The first kappa shape index (κ1) is 11.2. The number of anilines is 2. The zero-order valence-corrected chi connectivity index (χ0v) is 10.4. The lowest BCUT2D eigenvalue weighted by atomic mass is 10.1. The van der Waals surface area contributed by atoms with Crippen molar-refractivity contribution in [3.05, 3.63) is 40.7 Å². The molecular formula is C12H12ClN5. The first-order valence-electron chi connectivity index (χ1n) is 5.71. The second-order valence-electron chi connectivity index (χ2n) is 4.30. The number of hydrogen-bond acceptors (Lipinski definition) is 5. The van der Waals surface area contributed by atoms with E-state index in [0.717, 1.165) is 12.8 Å². The average Bonchev–Trinajstić information content (AvgIpc) is 2.69. The van der Waals surface area contributed by atoms with Gasteiger partial charge >= 0.3 is 0 Å². The van der Waals surface area contributed by atoms with Crippen LogP contribution in [0.25, 0.3) is 0 Å². The van der Waals surface area contributed by atoms with Crippen LogP contribution in [0.4, 0.5) is 11.9 Å². The van der Waals surface area contributed by atoms with Crippen molar-refractivity contribution < 1.29 is 0 Å². The van der Waals surface area contributed by atoms with Crippen molar-refractivity contribution >= 4 is 23.5 Å². The van der Waals surface area contributed by atoms with Gasteiger partial charge in [0.15, 0.2) is 0 Å². The average molecular weight is 262 g/mol. The van der Waals surface area contributed by atoms with Gasteiger partial charge in [-0.3, -0.25) is 0 Å². The van der Waals surface area contributed by atoms with Gasteiger partial charge in [-0.2, -0.15) is 15.0 Å². The molecule has 0 fully saturated rings. The SMILES string of the molecule is Nc1nc(Cl)nc(NC2Cc3ccccc3C2)n1. The van der Waals surface area contributed by atoms with Crippen LogP contribution in [0.5, 0.6) is 0 Å². The summed E-state index contributed by atoms with van der Waals surface area (Å²) in [5.41, 5.74) is 8.26. The van der Waals surface area contributed by atoms with Crippen LogP contribution in [-0.4, -0.2) is 21.0 Å². The molecule has 1 aromatic heterocycles. The van der Waals surface area contributed by atoms with Crippen LogP contribution in [0.15, 0.2) is 24.3 Å². The van der Waals surface area contributed by atoms with E-state index in [-0.39, 0.29) is 17.3 Å². The van der Waals surface area contributed by atoms with Gasteiger partial charge in [0, 0.05) is 6.04 Å². The van der Waals surface area contributed by atoms with E-state index in [2.05, 4.69) is 44.5 Å². The van der Waals surface area contributed by atoms with Gasteiger partial charge in [-0.25, -0.2) is 0 Å². The molecule has 1 aromatic carbocycles. The first-order valence-corrected chi connectivity index (χ1v) is 6.09. The predicted octanol–water partition coefficient (Wildman–Crippen LogP) is 1.69. The monoisotopic (exact) mass is 261 g/mol. The van der Waals surface area contributed by atoms with Crippen molar-refractivity contribution in [1.82, 2.24) is 15.0 Å². The van der Waals surface area contributed by atoms with Gasteiger partial charge in [0.1, 0.15) is 0 Å². The highest BCUT2D eigenvalue weighted by atomic mass is 35.5. The molecule has 0 unspecified atom stereocenters. The number of nitrogen functional groups attached to an aromatic ring is 1. The highest BCUT2D eigenvalue weighted by Gasteiger charge is 2.21. The lowest BCUT2D eigenvalue weighted by Crippen LogP contribution is -2.21. The lowest BCUT2D eigenvalue weighted by molar-refractivity contribution is 0.760. The zero-order valence-electron chi connectivity index (χ0n) is 9.60. The molecule has 92 valence electrons. The summed E-state index contributed by atoms with van der Waals surface area (Å²) in [4.78, 5) is 11.8. The number of hydrogen-bond donors (Lipinski definition) is 2. The molecule has 18 heavy (non-hydrogen) atoms. The number of nitrogens with zero attached hydrogens (tertiary/aromatic N) is 3. The Kier molecular flexibility index (Phi) is 2.76. The summed E-state index contributed by atoms with van der Waals surface area (Å²) < 4.78 is 0. The normalized spacial score (nSPS) is 14.5. The standard InChI is InChI=1S/C12H12ClN5/c13-10-16-11(14)18-12(17-10)15-9-5-7-3-1-2-4-8(7)6-9/h1-4,9H,5-6H2,(H3,14,15,16,17,18). The van der Waals surface area contributed by atoms with Gasteiger partial charge in [-0.15, -0.1) is 0 Å². The van der Waals surface area contributed by atoms with Crippen molar-refractivity contribution in [1.29, 1.82) is 0 Å². The van der Waals surface area contributed by atoms with E-state index in [0.29, 0.717) is 5.95 Å². The van der Waals surface area contributed by atoms with E-state index in [1.165, 1.54) is 11.1 Å². The van der Waals surface area contributed by atoms with Gasteiger partial charge in [0.25, 0.3) is 0 Å². The Bertz CT molecular complexity index is 541. The minimum Gasteiger partial charge on any atom is -0.368 e. The molecule has 3 N–H and O–H groups in total. The highest BCUT2D eigenvalue weighted by Crippen LogP contribution is 2.23. The maximum atomic E-state index is 5.74. The quantitative estimate of drug-likeness (QED) is 0.860. The first-order chi connectivity index (χ1) is 8.70. The van der Waals surface area contributed by atoms with Crippen molar-refractivity contribution in [2.75, 3.05) is 11.1 Å². The number of benzene rings is 1. The number of fused-ring (bicyclic) bond motifs is 1. The van der Waals surface area contributed by atoms with Gasteiger partial charge in [-0.05, 0) is 35.6 Å². The third-order valence-electron chi connectivity index (χ3n) is 3.01. The molecule has 1 aliphatic rings. The van der Waals surface area contributed by atoms with Crippen LogP contribution in [0.3, 0.4) is 0 Å². The Hall–Kier alpha value is -1.88. The molecule has 1 aliphatic carbocycles. The fourth-order valence-electron chi connectivity index (χ4n) is 2.27. The van der Waals surface area contributed by atoms with E-state index in [1.807, 2.05) is 0 Å². The molecule has 0 radical (unpaired) electrons. The topological polar surface area (TPSA) is 76.7 Å². The molecule has 0 spiro atoms. The van der Waals surface area contributed by atoms with Crippen LogP contribution >= 0.6 is 11.6 Å². The summed E-state index contributed by atoms with van der Waals surface area (Å²) in [6.45, 7) is 0. The Morgan fingerprint density at radius 2 is 1.78 bits per heavy atom. The summed E-state index contributed by atoms with van der Waals surface area (Å²) in [6.07, 6.45) is 1.92. The van der Waals surface area contributed by atoms with Gasteiger partial charge < -0.3 is 11.1 Å². The zero-order chi connectivity index (χ0) is 12.5. The highest BCUT2D eigenvalue weighted by molar-refractivity contribution is 6.28. The maximum Gasteiger partial charge on any atom is 0.229 e. The molecule has 0 saturated heterocycles. The molecule has 0 amide bonds. The van der Waals surface area contributed by atoms with E-state index in [4.69, 9.17) is 17.3 Å². The Labute approximate surface area is 109 Å². The smallest absolute Gasteiger partial charge is 0.229 e. The van der Waals surface area contributed by atoms with E-state index >= 15 is 0 Å². The van der Waals surface area contributed by atoms with Gasteiger partial charge in [0.05, 0.1) is 0 Å². The third-order valence-corrected chi connectivity index (χ3v) is 3.18. The maximum absolute atomic E-state index is 5.74. The molecule has 1 heterocycles. The third kappa shape index (κ3) is 2.22. The molecule has 0 atom stereocenters. The van der Waals surface area contributed by atoms with E-state index in [1.54, 1.807) is 0 Å². The molecule has 0 aliphatic heterocycles. The Morgan fingerprint density at radius 3 is 2.39 bits per heavy atom. The minimum atomic E-state index is 0.112. The Balaban J connectivity index is 1.76. The van der Waals surface area contributed by atoms with E-state index in [9.17, 15) is 0 Å². The van der Waals surface area contributed by atoms with Crippen LogP contribution in [0.2, 0.25) is 5.28 Å². The van der Waals surface area contributed by atoms with Crippen LogP contribution in [-0.2, 0) is 12.8 Å². The number of nitrogens with one attached hydrogen (secondary N) is 1. The fourth-order valence-corrected chi connectivity index (χ4v) is 2.44. The van der Waals surface area contributed by atoms with Crippen molar-refractivity contribution in [3.63, 3.8) is 0 Å². The fraction of sp³-hybridized carbons (Fsp3) is 0.250. The predicted molar refractivity (Wildman–Crippen MR) is 70.5 cm³/mol. The Morgan fingerprint density at radius 1 is 1.11 bits per heavy atom. The molecule has 3 rings (SSSR count). The molecule has 5 nitrogen and oxygen atoms in total. The van der Waals surface area contributed by atoms with Gasteiger partial charge in [-0.1, -0.05) is 24.3 Å². The van der Waals surface area contributed by atoms with E-state index < -0.39 is 0 Å². The van der Waals surface area contributed by atoms with Crippen molar-refractivity contribution in [2.24, 2.45) is 0 Å². The number of aromatic nitrogens is 3. The minimum absolute atomic E-state index is 0.112. The van der Waals surface area contributed by atoms with Crippen LogP contribution in [0, 0.1) is 0 Å². The molecule has 2 aromatic rings. The number of halogens is 1. The van der Waals surface area contributed by atoms with Crippen LogP contribution < -0.4 is 11.1 Å². The lowest BCUT2D eigenvalue weighted by Gasteiger charge is -2.11. The number of rotatable bonds is 2. The summed E-state index contributed by atoms with van der Waals surface area (Å²) in [6, 6.07) is 8.68. The molecular weight excluding hydrogens is 250 g/mol. The molecule has 0 bridgehead atoms. The summed E-state index contributed by atoms with van der Waals surface area (Å²) in [7, 11) is 0. The van der Waals surface area contributed by atoms with Crippen LogP contribution in [0.1, 0.15) is 11.1 Å². The molecule has 6 heteroatoms. The largest absolute Gasteiger partial charge is 0.368 e. The van der Waals surface area contributed by atoms with Crippen molar-refractivity contribution in [3.8, 4) is 0 Å². The van der Waals surface area contributed by atoms with Gasteiger partial charge in [0.2, 0.25) is 17.2 Å². The summed E-state index contributed by atoms with van der Waals surface area (Å²) >= 11 is 5.74. The summed E-state index contributed by atoms with van der Waals surface area (Å²) in [5, 5.41) is 3.35. The molecule has 0 saturated carbocycles.